The molecule has 0 atom stereocenters. The lowest BCUT2D eigenvalue weighted by Gasteiger charge is -2.09. The molecule has 0 fully saturated rings. The van der Waals surface area contributed by atoms with Crippen molar-refractivity contribution in [2.75, 3.05) is 18.2 Å². The van der Waals surface area contributed by atoms with Gasteiger partial charge in [0.2, 0.25) is 5.91 Å². The molecule has 0 saturated heterocycles. The van der Waals surface area contributed by atoms with Gasteiger partial charge in [-0.1, -0.05) is 23.9 Å². The number of aromatic nitrogens is 4. The minimum absolute atomic E-state index is 0.0325. The van der Waals surface area contributed by atoms with Crippen LogP contribution in [0.4, 0.5) is 5.69 Å². The van der Waals surface area contributed by atoms with E-state index >= 15 is 0 Å². The maximum Gasteiger partial charge on any atom is 0.337 e. The van der Waals surface area contributed by atoms with E-state index in [1.165, 1.54) is 13.3 Å². The largest absolute Gasteiger partial charge is 0.465 e. The topological polar surface area (TPSA) is 119 Å². The number of hydrogen-bond donors (Lipinski definition) is 2. The van der Waals surface area contributed by atoms with Crippen molar-refractivity contribution in [3.63, 3.8) is 0 Å². The van der Waals surface area contributed by atoms with Crippen LogP contribution in [0.5, 0.6) is 0 Å². The van der Waals surface area contributed by atoms with Crippen molar-refractivity contribution in [3.05, 3.63) is 75.7 Å². The Balaban J connectivity index is 1.51. The molecule has 2 heterocycles. The smallest absolute Gasteiger partial charge is 0.337 e. The number of fused-ring (bicyclic) bond motifs is 1. The summed E-state index contributed by atoms with van der Waals surface area (Å²) in [5.74, 6) is -0.698. The van der Waals surface area contributed by atoms with Gasteiger partial charge in [0.05, 0.1) is 30.3 Å². The molecule has 1 amide bonds. The molecule has 4 rings (SSSR count). The third kappa shape index (κ3) is 4.65. The third-order valence-electron chi connectivity index (χ3n) is 5.15. The quantitative estimate of drug-likeness (QED) is 0.256. The molecule has 0 unspecified atom stereocenters. The Morgan fingerprint density at radius 3 is 2.64 bits per heavy atom. The number of aryl methyl sites for hydroxylation is 1. The number of nitrogens with one attached hydrogen (secondary N) is 2. The second kappa shape index (κ2) is 9.29. The van der Waals surface area contributed by atoms with Crippen LogP contribution in [0.3, 0.4) is 0 Å². The van der Waals surface area contributed by atoms with Gasteiger partial charge in [-0.2, -0.15) is 5.10 Å². The lowest BCUT2D eigenvalue weighted by atomic mass is 10.1. The molecule has 0 saturated carbocycles. The molecule has 0 radical (unpaired) electrons. The lowest BCUT2D eigenvalue weighted by molar-refractivity contribution is -0.113. The number of amides is 1. The minimum atomic E-state index is -0.450. The fraction of sp³-hybridized carbons (Fsp3) is 0.174. The van der Waals surface area contributed by atoms with Crippen molar-refractivity contribution < 1.29 is 14.3 Å². The summed E-state index contributed by atoms with van der Waals surface area (Å²) in [6.07, 6.45) is 1.49. The maximum atomic E-state index is 12.5. The van der Waals surface area contributed by atoms with Gasteiger partial charge in [0.25, 0.3) is 5.56 Å². The number of anilines is 1. The van der Waals surface area contributed by atoms with Gasteiger partial charge in [0.15, 0.2) is 10.8 Å². The predicted octanol–water partition coefficient (Wildman–Crippen LogP) is 3.24. The number of thioether (sulfide) groups is 1. The number of benzene rings is 2. The summed E-state index contributed by atoms with van der Waals surface area (Å²) in [7, 11) is 1.31. The number of carbonyl (C=O) groups excluding carboxylic acids is 2. The molecule has 0 aliphatic carbocycles. The highest BCUT2D eigenvalue weighted by molar-refractivity contribution is 7.99. The highest BCUT2D eigenvalue weighted by atomic mass is 32.2. The van der Waals surface area contributed by atoms with Crippen molar-refractivity contribution >= 4 is 40.4 Å². The summed E-state index contributed by atoms with van der Waals surface area (Å²) in [6.45, 7) is 4.00. The van der Waals surface area contributed by atoms with Crippen LogP contribution in [0.25, 0.3) is 16.7 Å². The molecule has 2 aromatic carbocycles. The summed E-state index contributed by atoms with van der Waals surface area (Å²) in [6, 6.07) is 12.2. The molecule has 168 valence electrons. The Kier molecular flexibility index (Phi) is 6.27. The first-order valence-corrected chi connectivity index (χ1v) is 11.0. The summed E-state index contributed by atoms with van der Waals surface area (Å²) in [4.78, 5) is 43.7. The summed E-state index contributed by atoms with van der Waals surface area (Å²) in [5, 5.41) is 7.79. The number of methoxy groups -OCH3 is 1. The first-order chi connectivity index (χ1) is 15.9. The summed E-state index contributed by atoms with van der Waals surface area (Å²) >= 11 is 1.11. The monoisotopic (exact) mass is 463 g/mol. The standard InChI is InChI=1S/C23H21N5O4S/c1-13-5-4-6-18(14(13)2)28-20-17(11-24-28)21(30)27-23(26-20)33-12-19(29)25-16-9-7-15(8-10-16)22(31)32-3/h4-11H,12H2,1-3H3,(H,25,29)(H,26,27,30). The minimum Gasteiger partial charge on any atom is -0.465 e. The van der Waals surface area contributed by atoms with Gasteiger partial charge in [-0.25, -0.2) is 14.5 Å². The van der Waals surface area contributed by atoms with Crippen molar-refractivity contribution in [1.29, 1.82) is 0 Å². The van der Waals surface area contributed by atoms with Crippen LogP contribution in [0.2, 0.25) is 0 Å². The fourth-order valence-electron chi connectivity index (χ4n) is 3.25. The molecule has 0 bridgehead atoms. The van der Waals surface area contributed by atoms with E-state index in [1.807, 2.05) is 32.0 Å². The van der Waals surface area contributed by atoms with E-state index in [9.17, 15) is 14.4 Å². The zero-order valence-electron chi connectivity index (χ0n) is 18.2. The SMILES string of the molecule is COC(=O)c1ccc(NC(=O)CSc2nc3c(cnn3-c3cccc(C)c3C)c(=O)[nH]2)cc1. The van der Waals surface area contributed by atoms with Gasteiger partial charge >= 0.3 is 5.97 Å². The van der Waals surface area contributed by atoms with Gasteiger partial charge in [-0.05, 0) is 55.3 Å². The van der Waals surface area contributed by atoms with E-state index in [4.69, 9.17) is 0 Å². The number of H-pyrrole nitrogens is 1. The van der Waals surface area contributed by atoms with Gasteiger partial charge < -0.3 is 15.0 Å². The van der Waals surface area contributed by atoms with Crippen molar-refractivity contribution in [2.45, 2.75) is 19.0 Å². The number of rotatable bonds is 6. The first-order valence-electron chi connectivity index (χ1n) is 10.0. The van der Waals surface area contributed by atoms with Gasteiger partial charge in [-0.15, -0.1) is 0 Å². The molecular weight excluding hydrogens is 442 g/mol. The van der Waals surface area contributed by atoms with Crippen molar-refractivity contribution in [3.8, 4) is 5.69 Å². The van der Waals surface area contributed by atoms with Crippen LogP contribution in [-0.4, -0.2) is 44.5 Å². The Morgan fingerprint density at radius 1 is 1.15 bits per heavy atom. The Labute approximate surface area is 193 Å². The van der Waals surface area contributed by atoms with Crippen LogP contribution in [0, 0.1) is 13.8 Å². The van der Waals surface area contributed by atoms with Gasteiger partial charge in [0, 0.05) is 5.69 Å². The Hall–Kier alpha value is -3.92. The molecule has 9 nitrogen and oxygen atoms in total. The van der Waals surface area contributed by atoms with Crippen molar-refractivity contribution in [2.24, 2.45) is 0 Å². The summed E-state index contributed by atoms with van der Waals surface area (Å²) < 4.78 is 6.30. The molecule has 10 heteroatoms. The molecule has 4 aromatic rings. The first kappa shape index (κ1) is 22.3. The second-order valence-corrected chi connectivity index (χ2v) is 8.25. The Bertz CT molecular complexity index is 1410. The molecule has 2 aromatic heterocycles. The van der Waals surface area contributed by atoms with Crippen LogP contribution >= 0.6 is 11.8 Å². The van der Waals surface area contributed by atoms with E-state index < -0.39 is 5.97 Å². The average Bonchev–Trinajstić information content (AvgIpc) is 3.24. The molecule has 33 heavy (non-hydrogen) atoms. The highest BCUT2D eigenvalue weighted by Crippen LogP contribution is 2.22. The van der Waals surface area contributed by atoms with E-state index in [-0.39, 0.29) is 17.2 Å². The number of hydrogen-bond acceptors (Lipinski definition) is 7. The third-order valence-corrected chi connectivity index (χ3v) is 6.02. The van der Waals surface area contributed by atoms with E-state index in [0.717, 1.165) is 28.6 Å². The van der Waals surface area contributed by atoms with Gasteiger partial charge in [0.1, 0.15) is 5.39 Å². The summed E-state index contributed by atoms with van der Waals surface area (Å²) in [5.41, 5.74) is 4.01. The van der Waals surface area contributed by atoms with E-state index in [1.54, 1.807) is 28.9 Å². The average molecular weight is 464 g/mol. The molecule has 0 aliphatic heterocycles. The highest BCUT2D eigenvalue weighted by Gasteiger charge is 2.15. The number of carbonyl (C=O) groups is 2. The lowest BCUT2D eigenvalue weighted by Crippen LogP contribution is -2.16. The number of esters is 1. The molecular formula is C23H21N5O4S. The number of ether oxygens (including phenoxy) is 1. The van der Waals surface area contributed by atoms with Crippen molar-refractivity contribution in [1.82, 2.24) is 19.7 Å². The molecule has 0 aliphatic rings. The van der Waals surface area contributed by atoms with E-state index in [0.29, 0.717) is 27.4 Å². The fourth-order valence-corrected chi connectivity index (χ4v) is 3.90. The van der Waals surface area contributed by atoms with Gasteiger partial charge in [-0.3, -0.25) is 9.59 Å². The van der Waals surface area contributed by atoms with Crippen LogP contribution in [0.15, 0.2) is 58.6 Å². The predicted molar refractivity (Wildman–Crippen MR) is 126 cm³/mol. The van der Waals surface area contributed by atoms with Crippen LogP contribution in [-0.2, 0) is 9.53 Å². The zero-order valence-corrected chi connectivity index (χ0v) is 19.0. The zero-order chi connectivity index (χ0) is 23.5. The Morgan fingerprint density at radius 2 is 1.91 bits per heavy atom. The second-order valence-electron chi connectivity index (χ2n) is 7.29. The van der Waals surface area contributed by atoms with Crippen LogP contribution in [0.1, 0.15) is 21.5 Å². The number of nitrogens with zero attached hydrogens (tertiary/aromatic N) is 3. The molecule has 2 N–H and O–H groups in total. The van der Waals surface area contributed by atoms with Crippen LogP contribution < -0.4 is 10.9 Å². The number of aromatic amines is 1. The maximum absolute atomic E-state index is 12.5. The van der Waals surface area contributed by atoms with E-state index in [2.05, 4.69) is 25.1 Å². The normalized spacial score (nSPS) is 10.9. The molecule has 0 spiro atoms.